The molecule has 0 bridgehead atoms. The molecule has 0 aliphatic heterocycles. The Morgan fingerprint density at radius 3 is 2.34 bits per heavy atom. The van der Waals surface area contributed by atoms with E-state index in [4.69, 9.17) is 17.0 Å². The van der Waals surface area contributed by atoms with E-state index in [1.165, 1.54) is 16.0 Å². The van der Waals surface area contributed by atoms with Gasteiger partial charge in [-0.05, 0) is 68.0 Å². The van der Waals surface area contributed by atoms with E-state index in [1.54, 1.807) is 0 Å². The number of nitrogens with one attached hydrogen (secondary N) is 2. The van der Waals surface area contributed by atoms with E-state index in [1.807, 2.05) is 49.0 Å². The molecule has 3 rings (SSSR count). The molecule has 29 heavy (non-hydrogen) atoms. The Morgan fingerprint density at radius 2 is 1.66 bits per heavy atom. The first-order chi connectivity index (χ1) is 14.1. The summed E-state index contributed by atoms with van der Waals surface area (Å²) in [6, 6.07) is 27.0. The third kappa shape index (κ3) is 7.44. The zero-order valence-electron chi connectivity index (χ0n) is 16.7. The standard InChI is InChI=1S/C24H26N2OS2/c1-18-8-14-22(15-9-18)27-16-19(2)25-24(28)26-21-12-10-20(11-13-21)17-29-23-6-4-3-5-7-23/h3-15,19H,16-17H2,1-2H3,(H2,25,26,28). The summed E-state index contributed by atoms with van der Waals surface area (Å²) in [5.74, 6) is 1.81. The third-order valence-corrected chi connectivity index (χ3v) is 5.56. The molecule has 3 aromatic carbocycles. The topological polar surface area (TPSA) is 33.3 Å². The monoisotopic (exact) mass is 422 g/mol. The Kier molecular flexibility index (Phi) is 7.96. The summed E-state index contributed by atoms with van der Waals surface area (Å²) in [6.45, 7) is 4.65. The van der Waals surface area contributed by atoms with Crippen LogP contribution in [0.1, 0.15) is 18.1 Å². The number of anilines is 1. The zero-order valence-corrected chi connectivity index (χ0v) is 18.4. The molecule has 2 N–H and O–H groups in total. The van der Waals surface area contributed by atoms with Gasteiger partial charge in [0.25, 0.3) is 0 Å². The van der Waals surface area contributed by atoms with E-state index in [-0.39, 0.29) is 6.04 Å². The molecule has 0 aliphatic carbocycles. The summed E-state index contributed by atoms with van der Waals surface area (Å²) in [4.78, 5) is 1.28. The summed E-state index contributed by atoms with van der Waals surface area (Å²) < 4.78 is 5.80. The molecule has 0 aromatic heterocycles. The normalized spacial score (nSPS) is 11.5. The van der Waals surface area contributed by atoms with E-state index in [0.29, 0.717) is 11.7 Å². The van der Waals surface area contributed by atoms with Crippen molar-refractivity contribution in [2.24, 2.45) is 0 Å². The minimum atomic E-state index is 0.0952. The lowest BCUT2D eigenvalue weighted by Gasteiger charge is -2.18. The lowest BCUT2D eigenvalue weighted by molar-refractivity contribution is 0.287. The molecule has 3 aromatic rings. The van der Waals surface area contributed by atoms with Crippen molar-refractivity contribution in [1.29, 1.82) is 0 Å². The van der Waals surface area contributed by atoms with Crippen LogP contribution in [0.3, 0.4) is 0 Å². The van der Waals surface area contributed by atoms with Crippen LogP contribution in [0, 0.1) is 6.92 Å². The first kappa shape index (κ1) is 21.2. The Hall–Kier alpha value is -2.50. The van der Waals surface area contributed by atoms with Gasteiger partial charge < -0.3 is 15.4 Å². The van der Waals surface area contributed by atoms with Crippen LogP contribution in [0.4, 0.5) is 5.69 Å². The van der Waals surface area contributed by atoms with Gasteiger partial charge in [-0.2, -0.15) is 0 Å². The fourth-order valence-corrected chi connectivity index (χ4v) is 3.85. The van der Waals surface area contributed by atoms with Gasteiger partial charge in [0.15, 0.2) is 5.11 Å². The average Bonchev–Trinajstić information content (AvgIpc) is 2.73. The molecule has 5 heteroatoms. The van der Waals surface area contributed by atoms with Crippen molar-refractivity contribution in [3.8, 4) is 5.75 Å². The summed E-state index contributed by atoms with van der Waals surface area (Å²) in [5.41, 5.74) is 3.48. The largest absolute Gasteiger partial charge is 0.491 e. The highest BCUT2D eigenvalue weighted by Crippen LogP contribution is 2.23. The molecule has 0 amide bonds. The predicted octanol–water partition coefficient (Wildman–Crippen LogP) is 6.04. The molecule has 0 saturated carbocycles. The quantitative estimate of drug-likeness (QED) is 0.342. The van der Waals surface area contributed by atoms with Crippen molar-refractivity contribution in [2.75, 3.05) is 11.9 Å². The second kappa shape index (κ2) is 10.9. The van der Waals surface area contributed by atoms with Crippen molar-refractivity contribution in [3.63, 3.8) is 0 Å². The third-order valence-electron chi connectivity index (χ3n) is 4.26. The second-order valence-electron chi connectivity index (χ2n) is 6.92. The molecular weight excluding hydrogens is 396 g/mol. The average molecular weight is 423 g/mol. The van der Waals surface area contributed by atoms with E-state index in [0.717, 1.165) is 17.2 Å². The number of aryl methyl sites for hydroxylation is 1. The van der Waals surface area contributed by atoms with Gasteiger partial charge >= 0.3 is 0 Å². The van der Waals surface area contributed by atoms with Crippen molar-refractivity contribution in [2.45, 2.75) is 30.5 Å². The van der Waals surface area contributed by atoms with Gasteiger partial charge in [0.2, 0.25) is 0 Å². The molecule has 1 atom stereocenters. The van der Waals surface area contributed by atoms with Crippen LogP contribution in [0.5, 0.6) is 5.75 Å². The van der Waals surface area contributed by atoms with Crippen LogP contribution in [0.15, 0.2) is 83.8 Å². The maximum Gasteiger partial charge on any atom is 0.171 e. The number of hydrogen-bond donors (Lipinski definition) is 2. The molecule has 0 spiro atoms. The number of thiocarbonyl (C=S) groups is 1. The van der Waals surface area contributed by atoms with Crippen LogP contribution < -0.4 is 15.4 Å². The molecule has 0 radical (unpaired) electrons. The lowest BCUT2D eigenvalue weighted by atomic mass is 10.2. The Morgan fingerprint density at radius 1 is 0.966 bits per heavy atom. The first-order valence-electron chi connectivity index (χ1n) is 9.62. The van der Waals surface area contributed by atoms with Gasteiger partial charge in [-0.3, -0.25) is 0 Å². The van der Waals surface area contributed by atoms with Crippen molar-refractivity contribution >= 4 is 34.8 Å². The van der Waals surface area contributed by atoms with Gasteiger partial charge in [-0.15, -0.1) is 11.8 Å². The van der Waals surface area contributed by atoms with Crippen LogP contribution >= 0.6 is 24.0 Å². The van der Waals surface area contributed by atoms with Crippen LogP contribution in [-0.4, -0.2) is 17.8 Å². The predicted molar refractivity (Wildman–Crippen MR) is 128 cm³/mol. The van der Waals surface area contributed by atoms with Crippen molar-refractivity contribution in [3.05, 3.63) is 90.0 Å². The highest BCUT2D eigenvalue weighted by atomic mass is 32.2. The number of benzene rings is 3. The maximum atomic E-state index is 5.80. The molecule has 0 heterocycles. The van der Waals surface area contributed by atoms with Gasteiger partial charge in [0.05, 0.1) is 6.04 Å². The summed E-state index contributed by atoms with van der Waals surface area (Å²) in [7, 11) is 0. The molecule has 0 saturated heterocycles. The summed E-state index contributed by atoms with van der Waals surface area (Å²) in [5, 5.41) is 7.09. The van der Waals surface area contributed by atoms with Crippen LogP contribution in [-0.2, 0) is 5.75 Å². The van der Waals surface area contributed by atoms with E-state index in [9.17, 15) is 0 Å². The second-order valence-corrected chi connectivity index (χ2v) is 8.38. The van der Waals surface area contributed by atoms with E-state index in [2.05, 4.69) is 66.1 Å². The Balaban J connectivity index is 1.40. The minimum absolute atomic E-state index is 0.0952. The fraction of sp³-hybridized carbons (Fsp3) is 0.208. The van der Waals surface area contributed by atoms with E-state index >= 15 is 0 Å². The molecule has 0 fully saturated rings. The molecule has 1 unspecified atom stereocenters. The lowest BCUT2D eigenvalue weighted by Crippen LogP contribution is -2.39. The van der Waals surface area contributed by atoms with Gasteiger partial charge in [0, 0.05) is 16.3 Å². The van der Waals surface area contributed by atoms with Crippen LogP contribution in [0.25, 0.3) is 0 Å². The molecule has 150 valence electrons. The Labute approximate surface area is 182 Å². The fourth-order valence-electron chi connectivity index (χ4n) is 2.66. The highest BCUT2D eigenvalue weighted by Gasteiger charge is 2.06. The number of hydrogen-bond acceptors (Lipinski definition) is 3. The maximum absolute atomic E-state index is 5.80. The summed E-state index contributed by atoms with van der Waals surface area (Å²) in [6.07, 6.45) is 0. The highest BCUT2D eigenvalue weighted by molar-refractivity contribution is 7.98. The van der Waals surface area contributed by atoms with Gasteiger partial charge in [-0.1, -0.05) is 48.0 Å². The number of thioether (sulfide) groups is 1. The molecule has 3 nitrogen and oxygen atoms in total. The Bertz CT molecular complexity index is 896. The van der Waals surface area contributed by atoms with Crippen molar-refractivity contribution in [1.82, 2.24) is 5.32 Å². The van der Waals surface area contributed by atoms with Gasteiger partial charge in [-0.25, -0.2) is 0 Å². The molecule has 0 aliphatic rings. The molecular formula is C24H26N2OS2. The zero-order chi connectivity index (χ0) is 20.5. The summed E-state index contributed by atoms with van der Waals surface area (Å²) >= 11 is 7.26. The number of rotatable bonds is 8. The van der Waals surface area contributed by atoms with Gasteiger partial charge in [0.1, 0.15) is 12.4 Å². The number of ether oxygens (including phenoxy) is 1. The minimum Gasteiger partial charge on any atom is -0.491 e. The van der Waals surface area contributed by atoms with E-state index < -0.39 is 0 Å². The SMILES string of the molecule is Cc1ccc(OCC(C)NC(=S)Nc2ccc(CSc3ccccc3)cc2)cc1. The van der Waals surface area contributed by atoms with Crippen LogP contribution in [0.2, 0.25) is 0 Å². The smallest absolute Gasteiger partial charge is 0.171 e. The van der Waals surface area contributed by atoms with Crippen molar-refractivity contribution < 1.29 is 4.74 Å². The first-order valence-corrected chi connectivity index (χ1v) is 11.0.